The lowest BCUT2D eigenvalue weighted by Crippen LogP contribution is -2.49. The van der Waals surface area contributed by atoms with Gasteiger partial charge in [0.25, 0.3) is 10.0 Å². The number of carbonyl (C=O) groups excluding carboxylic acids is 1. The molecule has 0 aliphatic carbocycles. The minimum absolute atomic E-state index is 0.00185. The molecule has 1 amide bonds. The summed E-state index contributed by atoms with van der Waals surface area (Å²) in [5, 5.41) is 2.91. The number of anilines is 2. The average Bonchev–Trinajstić information content (AvgIpc) is 2.86. The fraction of sp³-hybridized carbons (Fsp3) is 0.393. The molecule has 2 aliphatic rings. The predicted molar refractivity (Wildman–Crippen MR) is 147 cm³/mol. The lowest BCUT2D eigenvalue weighted by Gasteiger charge is -2.37. The van der Waals surface area contributed by atoms with Crippen molar-refractivity contribution in [1.82, 2.24) is 14.9 Å². The van der Waals surface area contributed by atoms with E-state index in [4.69, 9.17) is 4.74 Å². The maximum absolute atomic E-state index is 13.3. The quantitative estimate of drug-likeness (QED) is 0.510. The lowest BCUT2D eigenvalue weighted by molar-refractivity contribution is -0.123. The summed E-state index contributed by atoms with van der Waals surface area (Å²) in [6.45, 7) is 8.27. The molecule has 2 atom stereocenters. The van der Waals surface area contributed by atoms with Crippen LogP contribution in [0, 0.1) is 19.8 Å². The van der Waals surface area contributed by atoms with E-state index in [0.717, 1.165) is 36.1 Å². The number of aryl methyl sites for hydroxylation is 2. The summed E-state index contributed by atoms with van der Waals surface area (Å²) in [4.78, 5) is 24.6. The highest BCUT2D eigenvalue weighted by atomic mass is 32.2. The minimum Gasteiger partial charge on any atom is -0.473 e. The topological polar surface area (TPSA) is 114 Å². The largest absolute Gasteiger partial charge is 0.473 e. The van der Waals surface area contributed by atoms with Crippen molar-refractivity contribution in [3.05, 3.63) is 59.7 Å². The Morgan fingerprint density at radius 1 is 1.05 bits per heavy atom. The number of sulfonamides is 1. The number of hydrogen-bond donors (Lipinski definition) is 2. The van der Waals surface area contributed by atoms with Gasteiger partial charge in [0, 0.05) is 30.4 Å². The summed E-state index contributed by atoms with van der Waals surface area (Å²) in [6, 6.07) is 13.9. The number of unbranched alkanes of at least 4 members (excludes halogenated alkanes) is 1. The molecule has 1 fully saturated rings. The molecule has 0 spiro atoms. The first kappa shape index (κ1) is 26.1. The normalized spacial score (nSPS) is 21.0. The highest BCUT2D eigenvalue weighted by Gasteiger charge is 2.33. The zero-order valence-corrected chi connectivity index (χ0v) is 22.7. The van der Waals surface area contributed by atoms with Crippen LogP contribution >= 0.6 is 0 Å². The molecule has 1 saturated heterocycles. The number of nitrogens with one attached hydrogen (secondary N) is 2. The summed E-state index contributed by atoms with van der Waals surface area (Å²) >= 11 is 0. The Labute approximate surface area is 223 Å². The van der Waals surface area contributed by atoms with Gasteiger partial charge < -0.3 is 10.1 Å². The summed E-state index contributed by atoms with van der Waals surface area (Å²) in [6.07, 6.45) is 2.31. The first-order valence-corrected chi connectivity index (χ1v) is 14.5. The van der Waals surface area contributed by atoms with Gasteiger partial charge in [-0.2, -0.15) is 4.98 Å². The highest BCUT2D eigenvalue weighted by molar-refractivity contribution is 7.92. The third-order valence-corrected chi connectivity index (χ3v) is 8.38. The van der Waals surface area contributed by atoms with E-state index in [1.165, 1.54) is 12.1 Å². The Bertz CT molecular complexity index is 1440. The Morgan fingerprint density at radius 2 is 1.82 bits per heavy atom. The van der Waals surface area contributed by atoms with E-state index in [2.05, 4.69) is 31.8 Å². The molecule has 2 aromatic carbocycles. The number of carbonyl (C=O) groups is 1. The van der Waals surface area contributed by atoms with Gasteiger partial charge in [0.1, 0.15) is 6.10 Å². The second-order valence-corrected chi connectivity index (χ2v) is 11.8. The van der Waals surface area contributed by atoms with Crippen LogP contribution in [0.25, 0.3) is 11.3 Å². The summed E-state index contributed by atoms with van der Waals surface area (Å²) in [7, 11) is -4.03. The van der Waals surface area contributed by atoms with Crippen LogP contribution in [0.3, 0.4) is 0 Å². The predicted octanol–water partition coefficient (Wildman–Crippen LogP) is 4.38. The van der Waals surface area contributed by atoms with Crippen molar-refractivity contribution < 1.29 is 17.9 Å². The molecular weight excluding hydrogens is 502 g/mol. The number of rotatable bonds is 4. The van der Waals surface area contributed by atoms with E-state index in [1.807, 2.05) is 32.0 Å². The smallest absolute Gasteiger partial charge is 0.264 e. The van der Waals surface area contributed by atoms with Crippen molar-refractivity contribution in [2.24, 2.45) is 5.92 Å². The van der Waals surface area contributed by atoms with E-state index in [0.29, 0.717) is 30.9 Å². The number of piperidine rings is 1. The number of likely N-dealkylation sites (tertiary alicyclic amines) is 1. The van der Waals surface area contributed by atoms with Gasteiger partial charge in [0.2, 0.25) is 17.7 Å². The Hall–Kier alpha value is -3.50. The summed E-state index contributed by atoms with van der Waals surface area (Å²) < 4.78 is 35.5. The van der Waals surface area contributed by atoms with Gasteiger partial charge in [0.05, 0.1) is 16.5 Å². The van der Waals surface area contributed by atoms with Gasteiger partial charge in [-0.3, -0.25) is 9.69 Å². The first-order chi connectivity index (χ1) is 18.2. The molecule has 3 heterocycles. The van der Waals surface area contributed by atoms with E-state index in [-0.39, 0.29) is 34.7 Å². The molecule has 38 heavy (non-hydrogen) atoms. The van der Waals surface area contributed by atoms with E-state index < -0.39 is 10.0 Å². The number of ether oxygens (including phenoxy) is 1. The maximum Gasteiger partial charge on any atom is 0.264 e. The summed E-state index contributed by atoms with van der Waals surface area (Å²) in [5.41, 5.74) is 3.89. The average molecular weight is 536 g/mol. The van der Waals surface area contributed by atoms with E-state index in [9.17, 15) is 13.2 Å². The van der Waals surface area contributed by atoms with Crippen LogP contribution in [-0.4, -0.2) is 54.9 Å². The molecule has 10 heteroatoms. The number of hydrogen-bond acceptors (Lipinski definition) is 7. The molecule has 200 valence electrons. The molecule has 9 nitrogen and oxygen atoms in total. The molecule has 1 aromatic heterocycles. The SMILES string of the molecule is CCCCN1C[C@@H]2C[C@H](C1)C(=O)Nc1cccc(c1)S(=O)(=O)Nc1nc(cc(-c3c(C)cccc3C)n1)O2. The van der Waals surface area contributed by atoms with Gasteiger partial charge in [-0.15, -0.1) is 0 Å². The third-order valence-electron chi connectivity index (χ3n) is 7.05. The summed E-state index contributed by atoms with van der Waals surface area (Å²) in [5.74, 6) is -0.269. The Balaban J connectivity index is 1.62. The van der Waals surface area contributed by atoms with Crippen LogP contribution < -0.4 is 14.8 Å². The number of aromatic nitrogens is 2. The molecule has 6 bridgehead atoms. The molecule has 0 radical (unpaired) electrons. The number of amides is 1. The fourth-order valence-electron chi connectivity index (χ4n) is 5.19. The van der Waals surface area contributed by atoms with E-state index in [1.54, 1.807) is 18.2 Å². The van der Waals surface area contributed by atoms with Crippen LogP contribution in [0.1, 0.15) is 37.3 Å². The maximum atomic E-state index is 13.3. The minimum atomic E-state index is -4.03. The van der Waals surface area contributed by atoms with Crippen LogP contribution in [0.15, 0.2) is 53.4 Å². The molecule has 5 rings (SSSR count). The van der Waals surface area contributed by atoms with Crippen molar-refractivity contribution in [3.8, 4) is 17.1 Å². The zero-order valence-electron chi connectivity index (χ0n) is 21.9. The number of nitrogens with zero attached hydrogens (tertiary/aromatic N) is 3. The van der Waals surface area contributed by atoms with Crippen molar-refractivity contribution in [3.63, 3.8) is 0 Å². The van der Waals surface area contributed by atoms with Crippen molar-refractivity contribution in [2.45, 2.75) is 51.0 Å². The molecule has 2 aliphatic heterocycles. The molecule has 2 N–H and O–H groups in total. The van der Waals surface area contributed by atoms with E-state index >= 15 is 0 Å². The number of fused-ring (bicyclic) bond motifs is 6. The Morgan fingerprint density at radius 3 is 2.58 bits per heavy atom. The first-order valence-electron chi connectivity index (χ1n) is 13.0. The van der Waals surface area contributed by atoms with Crippen LogP contribution in [0.5, 0.6) is 5.88 Å². The fourth-order valence-corrected chi connectivity index (χ4v) is 6.18. The molecule has 0 unspecified atom stereocenters. The third kappa shape index (κ3) is 5.66. The van der Waals surface area contributed by atoms with Crippen molar-refractivity contribution >= 4 is 27.6 Å². The van der Waals surface area contributed by atoms with Crippen LogP contribution in [0.4, 0.5) is 11.6 Å². The van der Waals surface area contributed by atoms with Crippen molar-refractivity contribution in [2.75, 3.05) is 29.7 Å². The van der Waals surface area contributed by atoms with Gasteiger partial charge in [-0.05, 0) is 62.6 Å². The second-order valence-electron chi connectivity index (χ2n) is 10.1. The highest BCUT2D eigenvalue weighted by Crippen LogP contribution is 2.31. The van der Waals surface area contributed by atoms with Gasteiger partial charge in [-0.25, -0.2) is 18.1 Å². The lowest BCUT2D eigenvalue weighted by atomic mass is 9.94. The van der Waals surface area contributed by atoms with Crippen LogP contribution in [0.2, 0.25) is 0 Å². The van der Waals surface area contributed by atoms with Crippen LogP contribution in [-0.2, 0) is 14.8 Å². The monoisotopic (exact) mass is 535 g/mol. The van der Waals surface area contributed by atoms with Gasteiger partial charge in [0.15, 0.2) is 0 Å². The standard InChI is InChI=1S/C28H33N5O4S/c1-4-5-12-33-16-20-13-22(17-33)37-25-15-24(26-18(2)8-6-9-19(26)3)30-28(31-25)32-38(35,36)23-11-7-10-21(14-23)29-27(20)34/h6-11,14-15,20,22H,4-5,12-13,16-17H2,1-3H3,(H,29,34)(H,30,31,32)/t20-,22+/m1/s1. The molecule has 3 aromatic rings. The number of benzene rings is 2. The van der Waals surface area contributed by atoms with Crippen molar-refractivity contribution in [1.29, 1.82) is 0 Å². The van der Waals surface area contributed by atoms with Gasteiger partial charge in [-0.1, -0.05) is 37.6 Å². The second kappa shape index (κ2) is 10.7. The zero-order chi connectivity index (χ0) is 26.9. The van der Waals surface area contributed by atoms with Gasteiger partial charge >= 0.3 is 0 Å². The molecular formula is C28H33N5O4S. The Kier molecular flexibility index (Phi) is 7.36. The molecule has 0 saturated carbocycles.